The summed E-state index contributed by atoms with van der Waals surface area (Å²) in [6.45, 7) is 2.25. The molecule has 2 rings (SSSR count). The largest absolute Gasteiger partial charge is 0.489 e. The van der Waals surface area contributed by atoms with E-state index >= 15 is 0 Å². The third-order valence-electron chi connectivity index (χ3n) is 3.40. The van der Waals surface area contributed by atoms with Crippen molar-refractivity contribution >= 4 is 22.2 Å². The van der Waals surface area contributed by atoms with E-state index in [4.69, 9.17) is 4.74 Å². The number of benzene rings is 1. The molecule has 0 spiro atoms. The van der Waals surface area contributed by atoms with Gasteiger partial charge in [-0.2, -0.15) is 0 Å². The summed E-state index contributed by atoms with van der Waals surface area (Å²) >= 11 is 3.45. The molecule has 1 aliphatic rings. The monoisotopic (exact) mass is 296 g/mol. The Morgan fingerprint density at radius 2 is 2.12 bits per heavy atom. The summed E-state index contributed by atoms with van der Waals surface area (Å²) in [5.74, 6) is 1.45. The standard InChI is InChI=1S/C14H17BrO2/c1-10-4-2-3-5-13(10)17-14-7-6-11(9-16)8-12(14)15/h6-10,13H,2-5H2,1H3. The summed E-state index contributed by atoms with van der Waals surface area (Å²) in [5, 5.41) is 0. The highest BCUT2D eigenvalue weighted by molar-refractivity contribution is 9.10. The summed E-state index contributed by atoms with van der Waals surface area (Å²) in [4.78, 5) is 10.7. The molecule has 3 heteroatoms. The average Bonchev–Trinajstić information content (AvgIpc) is 2.34. The summed E-state index contributed by atoms with van der Waals surface area (Å²) in [7, 11) is 0. The van der Waals surface area contributed by atoms with Gasteiger partial charge in [-0.05, 0) is 59.3 Å². The van der Waals surface area contributed by atoms with Gasteiger partial charge in [-0.25, -0.2) is 0 Å². The zero-order valence-electron chi connectivity index (χ0n) is 9.99. The molecule has 2 unspecified atom stereocenters. The van der Waals surface area contributed by atoms with Gasteiger partial charge in [-0.1, -0.05) is 13.3 Å². The molecule has 0 aromatic heterocycles. The van der Waals surface area contributed by atoms with Gasteiger partial charge >= 0.3 is 0 Å². The number of hydrogen-bond donors (Lipinski definition) is 0. The Kier molecular flexibility index (Phi) is 4.21. The Hall–Kier alpha value is -0.830. The van der Waals surface area contributed by atoms with Crippen molar-refractivity contribution in [3.63, 3.8) is 0 Å². The average molecular weight is 297 g/mol. The molecule has 0 amide bonds. The first-order valence-electron chi connectivity index (χ1n) is 6.12. The predicted octanol–water partition coefficient (Wildman–Crippen LogP) is 4.22. The molecular formula is C14H17BrO2. The lowest BCUT2D eigenvalue weighted by Crippen LogP contribution is -2.28. The first-order chi connectivity index (χ1) is 8.20. The van der Waals surface area contributed by atoms with Crippen molar-refractivity contribution in [2.75, 3.05) is 0 Å². The molecular weight excluding hydrogens is 280 g/mol. The van der Waals surface area contributed by atoms with Crippen LogP contribution in [0.15, 0.2) is 22.7 Å². The molecule has 0 aliphatic heterocycles. The van der Waals surface area contributed by atoms with E-state index in [1.54, 1.807) is 12.1 Å². The number of halogens is 1. The highest BCUT2D eigenvalue weighted by Crippen LogP contribution is 2.32. The molecule has 0 heterocycles. The van der Waals surface area contributed by atoms with Crippen molar-refractivity contribution < 1.29 is 9.53 Å². The zero-order chi connectivity index (χ0) is 12.3. The zero-order valence-corrected chi connectivity index (χ0v) is 11.6. The van der Waals surface area contributed by atoms with Crippen LogP contribution in [-0.2, 0) is 0 Å². The molecule has 0 N–H and O–H groups in total. The van der Waals surface area contributed by atoms with E-state index in [1.807, 2.05) is 6.07 Å². The van der Waals surface area contributed by atoms with Crippen molar-refractivity contribution in [1.29, 1.82) is 0 Å². The predicted molar refractivity (Wildman–Crippen MR) is 71.6 cm³/mol. The molecule has 0 saturated heterocycles. The van der Waals surface area contributed by atoms with Gasteiger partial charge in [-0.3, -0.25) is 4.79 Å². The van der Waals surface area contributed by atoms with Crippen LogP contribution in [0, 0.1) is 5.92 Å². The van der Waals surface area contributed by atoms with Gasteiger partial charge < -0.3 is 4.74 Å². The molecule has 1 aromatic rings. The van der Waals surface area contributed by atoms with Crippen molar-refractivity contribution in [1.82, 2.24) is 0 Å². The van der Waals surface area contributed by atoms with Gasteiger partial charge in [0, 0.05) is 5.56 Å². The molecule has 2 atom stereocenters. The Morgan fingerprint density at radius 1 is 1.35 bits per heavy atom. The number of carbonyl (C=O) groups is 1. The Labute approximate surface area is 110 Å². The maximum absolute atomic E-state index is 10.7. The van der Waals surface area contributed by atoms with E-state index in [0.29, 0.717) is 17.6 Å². The second kappa shape index (κ2) is 5.67. The lowest BCUT2D eigenvalue weighted by Gasteiger charge is -2.29. The maximum Gasteiger partial charge on any atom is 0.150 e. The van der Waals surface area contributed by atoms with Gasteiger partial charge in [0.05, 0.1) is 4.47 Å². The Balaban J connectivity index is 2.09. The third-order valence-corrected chi connectivity index (χ3v) is 4.02. The first-order valence-corrected chi connectivity index (χ1v) is 6.91. The quantitative estimate of drug-likeness (QED) is 0.781. The van der Waals surface area contributed by atoms with Gasteiger partial charge in [0.15, 0.2) is 0 Å². The van der Waals surface area contributed by atoms with Crippen molar-refractivity contribution in [2.45, 2.75) is 38.7 Å². The van der Waals surface area contributed by atoms with Gasteiger partial charge in [-0.15, -0.1) is 0 Å². The van der Waals surface area contributed by atoms with Crippen LogP contribution in [0.5, 0.6) is 5.75 Å². The fourth-order valence-corrected chi connectivity index (χ4v) is 2.80. The van der Waals surface area contributed by atoms with E-state index < -0.39 is 0 Å². The van der Waals surface area contributed by atoms with Crippen molar-refractivity contribution in [3.8, 4) is 5.75 Å². The van der Waals surface area contributed by atoms with Crippen molar-refractivity contribution in [2.24, 2.45) is 5.92 Å². The van der Waals surface area contributed by atoms with Gasteiger partial charge in [0.25, 0.3) is 0 Å². The van der Waals surface area contributed by atoms with E-state index in [-0.39, 0.29) is 0 Å². The van der Waals surface area contributed by atoms with Crippen LogP contribution in [0.4, 0.5) is 0 Å². The van der Waals surface area contributed by atoms with Crippen molar-refractivity contribution in [3.05, 3.63) is 28.2 Å². The Morgan fingerprint density at radius 3 is 2.76 bits per heavy atom. The number of rotatable bonds is 3. The maximum atomic E-state index is 10.7. The van der Waals surface area contributed by atoms with Gasteiger partial charge in [0.2, 0.25) is 0 Å². The highest BCUT2D eigenvalue weighted by atomic mass is 79.9. The second-order valence-electron chi connectivity index (χ2n) is 4.73. The minimum Gasteiger partial charge on any atom is -0.489 e. The summed E-state index contributed by atoms with van der Waals surface area (Å²) in [6, 6.07) is 5.46. The Bertz CT molecular complexity index is 403. The van der Waals surface area contributed by atoms with Crippen LogP contribution in [-0.4, -0.2) is 12.4 Å². The fourth-order valence-electron chi connectivity index (χ4n) is 2.31. The number of hydrogen-bond acceptors (Lipinski definition) is 2. The molecule has 92 valence electrons. The van der Waals surface area contributed by atoms with E-state index in [1.165, 1.54) is 19.3 Å². The van der Waals surface area contributed by atoms with Crippen LogP contribution >= 0.6 is 15.9 Å². The van der Waals surface area contributed by atoms with Crippen LogP contribution in [0.1, 0.15) is 43.0 Å². The number of aldehydes is 1. The summed E-state index contributed by atoms with van der Waals surface area (Å²) in [5.41, 5.74) is 0.668. The van der Waals surface area contributed by atoms with Crippen LogP contribution < -0.4 is 4.74 Å². The molecule has 17 heavy (non-hydrogen) atoms. The minimum atomic E-state index is 0.308. The van der Waals surface area contributed by atoms with Crippen LogP contribution in [0.3, 0.4) is 0 Å². The smallest absolute Gasteiger partial charge is 0.150 e. The van der Waals surface area contributed by atoms with Crippen LogP contribution in [0.2, 0.25) is 0 Å². The van der Waals surface area contributed by atoms with Gasteiger partial charge in [0.1, 0.15) is 18.1 Å². The summed E-state index contributed by atoms with van der Waals surface area (Å²) < 4.78 is 6.90. The molecule has 0 radical (unpaired) electrons. The molecule has 1 aliphatic carbocycles. The SMILES string of the molecule is CC1CCCCC1Oc1ccc(C=O)cc1Br. The molecule has 1 saturated carbocycles. The molecule has 1 fully saturated rings. The normalized spacial score (nSPS) is 24.4. The molecule has 1 aromatic carbocycles. The van der Waals surface area contributed by atoms with Crippen LogP contribution in [0.25, 0.3) is 0 Å². The van der Waals surface area contributed by atoms with E-state index in [9.17, 15) is 4.79 Å². The third kappa shape index (κ3) is 3.09. The highest BCUT2D eigenvalue weighted by Gasteiger charge is 2.23. The lowest BCUT2D eigenvalue weighted by molar-refractivity contribution is 0.102. The summed E-state index contributed by atoms with van der Waals surface area (Å²) in [6.07, 6.45) is 6.09. The number of carbonyl (C=O) groups excluding carboxylic acids is 1. The fraction of sp³-hybridized carbons (Fsp3) is 0.500. The second-order valence-corrected chi connectivity index (χ2v) is 5.58. The lowest BCUT2D eigenvalue weighted by atomic mass is 9.88. The molecule has 0 bridgehead atoms. The first kappa shape index (κ1) is 12.6. The molecule has 2 nitrogen and oxygen atoms in total. The van der Waals surface area contributed by atoms with E-state index in [2.05, 4.69) is 22.9 Å². The topological polar surface area (TPSA) is 26.3 Å². The van der Waals surface area contributed by atoms with E-state index in [0.717, 1.165) is 22.9 Å². The number of ether oxygens (including phenoxy) is 1. The minimum absolute atomic E-state index is 0.308.